The lowest BCUT2D eigenvalue weighted by molar-refractivity contribution is -0.145. The Morgan fingerprint density at radius 3 is 2.76 bits per heavy atom. The number of likely N-dealkylation sites (tertiary alicyclic amines) is 1. The summed E-state index contributed by atoms with van der Waals surface area (Å²) in [5.74, 6) is -0.903. The molecule has 0 saturated carbocycles. The van der Waals surface area contributed by atoms with Crippen molar-refractivity contribution in [1.82, 2.24) is 4.90 Å². The highest BCUT2D eigenvalue weighted by atomic mass is 19.1. The second-order valence-electron chi connectivity index (χ2n) is 4.48. The fourth-order valence-corrected chi connectivity index (χ4v) is 2.48. The smallest absolute Gasteiger partial charge is 0.310 e. The Kier molecular flexibility index (Phi) is 3.43. The predicted octanol–water partition coefficient (Wildman–Crippen LogP) is 1.64. The van der Waals surface area contributed by atoms with Gasteiger partial charge in [-0.05, 0) is 18.7 Å². The number of hydrogen-bond donors (Lipinski definition) is 0. The molecule has 92 valence electrons. The number of benzene rings is 1. The Hall–Kier alpha value is -1.42. The molecule has 0 aliphatic carbocycles. The van der Waals surface area contributed by atoms with Crippen LogP contribution in [0, 0.1) is 11.7 Å². The molecule has 1 heterocycles. The van der Waals surface area contributed by atoms with Gasteiger partial charge in [-0.1, -0.05) is 18.2 Å². The summed E-state index contributed by atoms with van der Waals surface area (Å²) >= 11 is 0. The van der Waals surface area contributed by atoms with Crippen LogP contribution in [-0.2, 0) is 9.53 Å². The van der Waals surface area contributed by atoms with Crippen LogP contribution in [0.15, 0.2) is 24.3 Å². The Labute approximate surface area is 100 Å². The van der Waals surface area contributed by atoms with Crippen LogP contribution in [0.4, 0.5) is 4.39 Å². The molecule has 1 aromatic carbocycles. The van der Waals surface area contributed by atoms with E-state index in [1.807, 2.05) is 11.9 Å². The zero-order valence-corrected chi connectivity index (χ0v) is 10.0. The molecule has 0 radical (unpaired) electrons. The quantitative estimate of drug-likeness (QED) is 0.732. The maximum absolute atomic E-state index is 13.7. The highest BCUT2D eigenvalue weighted by Gasteiger charge is 2.38. The maximum atomic E-state index is 13.7. The average molecular weight is 237 g/mol. The largest absolute Gasteiger partial charge is 0.469 e. The van der Waals surface area contributed by atoms with Gasteiger partial charge in [0.2, 0.25) is 0 Å². The van der Waals surface area contributed by atoms with Crippen LogP contribution >= 0.6 is 0 Å². The van der Waals surface area contributed by atoms with Crippen molar-refractivity contribution in [2.24, 2.45) is 5.92 Å². The first-order valence-corrected chi connectivity index (χ1v) is 5.64. The number of nitrogens with zero attached hydrogens (tertiary/aromatic N) is 1. The summed E-state index contributed by atoms with van der Waals surface area (Å²) in [7, 11) is 3.30. The molecule has 17 heavy (non-hydrogen) atoms. The summed E-state index contributed by atoms with van der Waals surface area (Å²) in [6.07, 6.45) is 0. The number of ether oxygens (including phenoxy) is 1. The van der Waals surface area contributed by atoms with E-state index >= 15 is 0 Å². The fourth-order valence-electron chi connectivity index (χ4n) is 2.48. The van der Waals surface area contributed by atoms with E-state index in [1.54, 1.807) is 18.2 Å². The first-order valence-electron chi connectivity index (χ1n) is 5.64. The Morgan fingerprint density at radius 2 is 2.12 bits per heavy atom. The summed E-state index contributed by atoms with van der Waals surface area (Å²) in [5.41, 5.74) is 0.604. The molecule has 1 aliphatic heterocycles. The van der Waals surface area contributed by atoms with Crippen molar-refractivity contribution in [3.63, 3.8) is 0 Å². The monoisotopic (exact) mass is 237 g/mol. The van der Waals surface area contributed by atoms with Crippen molar-refractivity contribution in [2.45, 2.75) is 5.92 Å². The number of halogens is 1. The van der Waals surface area contributed by atoms with Crippen LogP contribution in [0.1, 0.15) is 11.5 Å². The average Bonchev–Trinajstić information content (AvgIpc) is 2.71. The number of carbonyl (C=O) groups is 1. The molecule has 2 rings (SSSR count). The van der Waals surface area contributed by atoms with E-state index in [0.29, 0.717) is 18.7 Å². The summed E-state index contributed by atoms with van der Waals surface area (Å²) < 4.78 is 18.5. The van der Waals surface area contributed by atoms with Crippen molar-refractivity contribution >= 4 is 5.97 Å². The van der Waals surface area contributed by atoms with Gasteiger partial charge in [-0.15, -0.1) is 0 Å². The van der Waals surface area contributed by atoms with Crippen LogP contribution in [0.2, 0.25) is 0 Å². The second kappa shape index (κ2) is 4.84. The van der Waals surface area contributed by atoms with Crippen molar-refractivity contribution in [2.75, 3.05) is 27.2 Å². The SMILES string of the molecule is COC(=O)[C@@H]1CN(C)C[C@@H]1c1ccccc1F. The summed E-state index contributed by atoms with van der Waals surface area (Å²) in [5, 5.41) is 0. The molecule has 0 spiro atoms. The fraction of sp³-hybridized carbons (Fsp3) is 0.462. The molecule has 0 bridgehead atoms. The molecule has 4 heteroatoms. The molecular formula is C13H16FNO2. The lowest BCUT2D eigenvalue weighted by atomic mass is 9.88. The molecule has 0 amide bonds. The van der Waals surface area contributed by atoms with Gasteiger partial charge in [0.1, 0.15) is 5.82 Å². The van der Waals surface area contributed by atoms with Crippen molar-refractivity contribution in [1.29, 1.82) is 0 Å². The van der Waals surface area contributed by atoms with Crippen molar-refractivity contribution in [3.05, 3.63) is 35.6 Å². The second-order valence-corrected chi connectivity index (χ2v) is 4.48. The van der Waals surface area contributed by atoms with E-state index in [1.165, 1.54) is 13.2 Å². The number of esters is 1. The number of carbonyl (C=O) groups excluding carboxylic acids is 1. The minimum Gasteiger partial charge on any atom is -0.469 e. The van der Waals surface area contributed by atoms with Gasteiger partial charge in [0.25, 0.3) is 0 Å². The normalized spacial score (nSPS) is 24.9. The van der Waals surface area contributed by atoms with Gasteiger partial charge in [0, 0.05) is 19.0 Å². The molecule has 1 saturated heterocycles. The molecule has 1 aromatic rings. The summed E-state index contributed by atoms with van der Waals surface area (Å²) in [4.78, 5) is 13.7. The number of hydrogen-bond acceptors (Lipinski definition) is 3. The first kappa shape index (κ1) is 12.0. The summed E-state index contributed by atoms with van der Waals surface area (Å²) in [6.45, 7) is 1.30. The molecule has 1 aliphatic rings. The van der Waals surface area contributed by atoms with Crippen LogP contribution in [0.5, 0.6) is 0 Å². The maximum Gasteiger partial charge on any atom is 0.310 e. The van der Waals surface area contributed by atoms with Crippen LogP contribution in [-0.4, -0.2) is 38.1 Å². The van der Waals surface area contributed by atoms with Gasteiger partial charge in [-0.2, -0.15) is 0 Å². The van der Waals surface area contributed by atoms with Gasteiger partial charge in [0.05, 0.1) is 13.0 Å². The highest BCUT2D eigenvalue weighted by molar-refractivity contribution is 5.74. The number of methoxy groups -OCH3 is 1. The zero-order chi connectivity index (χ0) is 12.4. The van der Waals surface area contributed by atoms with E-state index in [9.17, 15) is 9.18 Å². The molecule has 2 atom stereocenters. The highest BCUT2D eigenvalue weighted by Crippen LogP contribution is 2.33. The minimum atomic E-state index is -0.276. The van der Waals surface area contributed by atoms with Crippen LogP contribution in [0.3, 0.4) is 0 Å². The Bertz CT molecular complexity index is 422. The molecule has 1 fully saturated rings. The van der Waals surface area contributed by atoms with E-state index in [0.717, 1.165) is 0 Å². The van der Waals surface area contributed by atoms with Crippen molar-refractivity contribution in [3.8, 4) is 0 Å². The molecule has 0 N–H and O–H groups in total. The van der Waals surface area contributed by atoms with E-state index in [4.69, 9.17) is 4.74 Å². The van der Waals surface area contributed by atoms with Gasteiger partial charge >= 0.3 is 5.97 Å². The molecule has 3 nitrogen and oxygen atoms in total. The zero-order valence-electron chi connectivity index (χ0n) is 10.0. The topological polar surface area (TPSA) is 29.5 Å². The van der Waals surface area contributed by atoms with Gasteiger partial charge in [-0.3, -0.25) is 4.79 Å². The number of likely N-dealkylation sites (N-methyl/N-ethyl adjacent to an activating group) is 1. The molecule has 0 unspecified atom stereocenters. The van der Waals surface area contributed by atoms with E-state index in [2.05, 4.69) is 0 Å². The van der Waals surface area contributed by atoms with E-state index in [-0.39, 0.29) is 23.6 Å². The number of rotatable bonds is 2. The lowest BCUT2D eigenvalue weighted by Gasteiger charge is -2.17. The summed E-state index contributed by atoms with van der Waals surface area (Å²) in [6, 6.07) is 6.63. The third-order valence-corrected chi connectivity index (χ3v) is 3.31. The van der Waals surface area contributed by atoms with Crippen LogP contribution < -0.4 is 0 Å². The van der Waals surface area contributed by atoms with E-state index < -0.39 is 0 Å². The first-order chi connectivity index (χ1) is 8.13. The Morgan fingerprint density at radius 1 is 1.41 bits per heavy atom. The third-order valence-electron chi connectivity index (χ3n) is 3.31. The van der Waals surface area contributed by atoms with Crippen molar-refractivity contribution < 1.29 is 13.9 Å². The Balaban J connectivity index is 2.30. The van der Waals surface area contributed by atoms with Crippen LogP contribution in [0.25, 0.3) is 0 Å². The van der Waals surface area contributed by atoms with Gasteiger partial charge in [-0.25, -0.2) is 4.39 Å². The standard InChI is InChI=1S/C13H16FNO2/c1-15-7-10(11(8-15)13(16)17-2)9-5-3-4-6-12(9)14/h3-6,10-11H,7-8H2,1-2H3/t10-,11-/m1/s1. The predicted molar refractivity (Wildman–Crippen MR) is 62.1 cm³/mol. The van der Waals surface area contributed by atoms with Gasteiger partial charge < -0.3 is 9.64 Å². The minimum absolute atomic E-state index is 0.117. The van der Waals surface area contributed by atoms with Gasteiger partial charge in [0.15, 0.2) is 0 Å². The lowest BCUT2D eigenvalue weighted by Crippen LogP contribution is -2.23. The molecule has 0 aromatic heterocycles. The molecular weight excluding hydrogens is 221 g/mol. The third kappa shape index (κ3) is 2.31.